The van der Waals surface area contributed by atoms with E-state index in [0.717, 1.165) is 37.4 Å². The van der Waals surface area contributed by atoms with Crippen LogP contribution in [-0.4, -0.2) is 72.2 Å². The van der Waals surface area contributed by atoms with Gasteiger partial charge in [-0.15, -0.1) is 0 Å². The Bertz CT molecular complexity index is 881. The summed E-state index contributed by atoms with van der Waals surface area (Å²) in [5.74, 6) is 1.70. The molecule has 1 aromatic carbocycles. The Kier molecular flexibility index (Phi) is 8.71. The number of aliphatic hydroxyl groups excluding tert-OH is 1. The molecule has 2 aliphatic carbocycles. The molecule has 1 aliphatic heterocycles. The first-order chi connectivity index (χ1) is 16.8. The summed E-state index contributed by atoms with van der Waals surface area (Å²) in [6.07, 6.45) is 8.62. The molecule has 194 valence electrons. The molecule has 3 atom stereocenters. The van der Waals surface area contributed by atoms with E-state index < -0.39 is 0 Å². The van der Waals surface area contributed by atoms with Crippen molar-refractivity contribution in [1.82, 2.24) is 9.80 Å². The molecule has 0 bridgehead atoms. The fourth-order valence-electron chi connectivity index (χ4n) is 5.51. The third kappa shape index (κ3) is 6.98. The topological polar surface area (TPSA) is 82.1 Å². The van der Waals surface area contributed by atoms with Crippen molar-refractivity contribution in [2.75, 3.05) is 38.6 Å². The molecule has 0 spiro atoms. The highest BCUT2D eigenvalue weighted by Crippen LogP contribution is 2.33. The first-order valence-electron chi connectivity index (χ1n) is 13.5. The second-order valence-electron chi connectivity index (χ2n) is 11.2. The number of amides is 2. The molecule has 2 fully saturated rings. The maximum absolute atomic E-state index is 13.3. The molecule has 0 radical (unpaired) electrons. The molecular formula is C28H43N3O4. The Morgan fingerprint density at radius 1 is 1.20 bits per heavy atom. The number of carbonyl (C=O) groups excluding carboxylic acids is 2. The summed E-state index contributed by atoms with van der Waals surface area (Å²) >= 11 is 0. The number of hydrogen-bond donors (Lipinski definition) is 2. The maximum Gasteiger partial charge on any atom is 0.227 e. The van der Waals surface area contributed by atoms with Gasteiger partial charge in [-0.1, -0.05) is 26.2 Å². The number of fused-ring (bicyclic) bond motifs is 1. The number of hydrogen-bond acceptors (Lipinski definition) is 5. The van der Waals surface area contributed by atoms with Gasteiger partial charge in [0.2, 0.25) is 11.8 Å². The van der Waals surface area contributed by atoms with E-state index in [4.69, 9.17) is 4.74 Å². The van der Waals surface area contributed by atoms with Gasteiger partial charge in [-0.05, 0) is 63.8 Å². The molecule has 0 aromatic heterocycles. The zero-order valence-electron chi connectivity index (χ0n) is 21.7. The van der Waals surface area contributed by atoms with Gasteiger partial charge in [-0.25, -0.2) is 0 Å². The van der Waals surface area contributed by atoms with Crippen LogP contribution in [0.15, 0.2) is 18.2 Å². The van der Waals surface area contributed by atoms with E-state index in [-0.39, 0.29) is 48.8 Å². The van der Waals surface area contributed by atoms with E-state index in [1.54, 1.807) is 4.90 Å². The normalized spacial score (nSPS) is 24.7. The second kappa shape index (κ2) is 11.7. The Morgan fingerprint density at radius 2 is 1.94 bits per heavy atom. The van der Waals surface area contributed by atoms with Crippen molar-refractivity contribution in [2.24, 2.45) is 17.8 Å². The Labute approximate surface area is 210 Å². The van der Waals surface area contributed by atoms with Crippen LogP contribution in [-0.2, 0) is 16.0 Å². The molecule has 35 heavy (non-hydrogen) atoms. The SMILES string of the molecule is C[C@@H]1CN([C@H](C)CO)C(=O)Cc2cc(NC(=O)C3CC3)ccc2O[C@@H]1CN(C)CC1CCCCC1. The fourth-order valence-corrected chi connectivity index (χ4v) is 5.51. The summed E-state index contributed by atoms with van der Waals surface area (Å²) in [6, 6.07) is 5.40. The van der Waals surface area contributed by atoms with Gasteiger partial charge in [0, 0.05) is 42.7 Å². The van der Waals surface area contributed by atoms with Gasteiger partial charge in [-0.3, -0.25) is 9.59 Å². The van der Waals surface area contributed by atoms with Crippen molar-refractivity contribution >= 4 is 17.5 Å². The van der Waals surface area contributed by atoms with Crippen molar-refractivity contribution in [2.45, 2.75) is 77.4 Å². The van der Waals surface area contributed by atoms with Gasteiger partial charge < -0.3 is 25.0 Å². The quantitative estimate of drug-likeness (QED) is 0.587. The summed E-state index contributed by atoms with van der Waals surface area (Å²) in [4.78, 5) is 29.8. The van der Waals surface area contributed by atoms with E-state index in [0.29, 0.717) is 18.0 Å². The first kappa shape index (κ1) is 26.0. The zero-order valence-corrected chi connectivity index (χ0v) is 21.7. The summed E-state index contributed by atoms with van der Waals surface area (Å²) in [5.41, 5.74) is 1.49. The number of benzene rings is 1. The van der Waals surface area contributed by atoms with Crippen molar-refractivity contribution in [3.63, 3.8) is 0 Å². The Morgan fingerprint density at radius 3 is 2.63 bits per heavy atom. The lowest BCUT2D eigenvalue weighted by molar-refractivity contribution is -0.134. The predicted molar refractivity (Wildman–Crippen MR) is 137 cm³/mol. The van der Waals surface area contributed by atoms with Gasteiger partial charge >= 0.3 is 0 Å². The monoisotopic (exact) mass is 485 g/mol. The minimum atomic E-state index is -0.259. The average Bonchev–Trinajstić information content (AvgIpc) is 3.68. The van der Waals surface area contributed by atoms with Gasteiger partial charge in [0.1, 0.15) is 11.9 Å². The third-order valence-electron chi connectivity index (χ3n) is 7.92. The van der Waals surface area contributed by atoms with Crippen molar-refractivity contribution in [1.29, 1.82) is 0 Å². The van der Waals surface area contributed by atoms with Crippen LogP contribution < -0.4 is 10.1 Å². The number of anilines is 1. The number of nitrogens with zero attached hydrogens (tertiary/aromatic N) is 2. The van der Waals surface area contributed by atoms with Crippen molar-refractivity contribution in [3.8, 4) is 5.75 Å². The zero-order chi connectivity index (χ0) is 24.9. The number of likely N-dealkylation sites (N-methyl/N-ethyl adjacent to an activating group) is 1. The lowest BCUT2D eigenvalue weighted by Gasteiger charge is -2.35. The molecule has 4 rings (SSSR count). The Hall–Kier alpha value is -2.12. The highest BCUT2D eigenvalue weighted by molar-refractivity contribution is 5.94. The van der Waals surface area contributed by atoms with Crippen LogP contribution in [0, 0.1) is 17.8 Å². The summed E-state index contributed by atoms with van der Waals surface area (Å²) in [6.45, 7) is 6.35. The van der Waals surface area contributed by atoms with E-state index in [1.807, 2.05) is 25.1 Å². The van der Waals surface area contributed by atoms with Crippen LogP contribution in [0.5, 0.6) is 5.75 Å². The predicted octanol–water partition coefficient (Wildman–Crippen LogP) is 3.70. The highest BCUT2D eigenvalue weighted by atomic mass is 16.5. The molecule has 7 heteroatoms. The number of aliphatic hydroxyl groups is 1. The van der Waals surface area contributed by atoms with Gasteiger partial charge in [0.05, 0.1) is 19.1 Å². The first-order valence-corrected chi connectivity index (χ1v) is 13.5. The molecule has 2 saturated carbocycles. The molecule has 1 aromatic rings. The van der Waals surface area contributed by atoms with Crippen LogP contribution in [0.1, 0.15) is 64.4 Å². The Balaban J connectivity index is 1.55. The number of nitrogens with one attached hydrogen (secondary N) is 1. The van der Waals surface area contributed by atoms with Crippen LogP contribution in [0.2, 0.25) is 0 Å². The molecule has 0 saturated heterocycles. The number of carbonyl (C=O) groups is 2. The molecule has 3 aliphatic rings. The number of ether oxygens (including phenoxy) is 1. The molecule has 2 N–H and O–H groups in total. The summed E-state index contributed by atoms with van der Waals surface area (Å²) in [7, 11) is 2.17. The number of rotatable bonds is 8. The summed E-state index contributed by atoms with van der Waals surface area (Å²) < 4.78 is 6.62. The van der Waals surface area contributed by atoms with Crippen molar-refractivity contribution < 1.29 is 19.4 Å². The van der Waals surface area contributed by atoms with E-state index in [1.165, 1.54) is 32.1 Å². The van der Waals surface area contributed by atoms with Crippen LogP contribution in [0.3, 0.4) is 0 Å². The van der Waals surface area contributed by atoms with Crippen molar-refractivity contribution in [3.05, 3.63) is 23.8 Å². The van der Waals surface area contributed by atoms with E-state index >= 15 is 0 Å². The standard InChI is InChI=1S/C28H43N3O4/c1-19-15-31(20(2)18-32)27(33)14-23-13-24(29-28(34)22-9-10-22)11-12-25(23)35-26(19)17-30(3)16-21-7-5-4-6-8-21/h11-13,19-22,26,32H,4-10,14-18H2,1-3H3,(H,29,34)/t19-,20-,26-/m1/s1. The fraction of sp³-hybridized carbons (Fsp3) is 0.714. The lowest BCUT2D eigenvalue weighted by atomic mass is 9.89. The lowest BCUT2D eigenvalue weighted by Crippen LogP contribution is -2.48. The highest BCUT2D eigenvalue weighted by Gasteiger charge is 2.32. The van der Waals surface area contributed by atoms with Crippen LogP contribution in [0.4, 0.5) is 5.69 Å². The molecular weight excluding hydrogens is 442 g/mol. The average molecular weight is 486 g/mol. The minimum absolute atomic E-state index is 0.0230. The third-order valence-corrected chi connectivity index (χ3v) is 7.92. The van der Waals surface area contributed by atoms with Gasteiger partial charge in [-0.2, -0.15) is 0 Å². The van der Waals surface area contributed by atoms with Crippen LogP contribution >= 0.6 is 0 Å². The molecule has 2 amide bonds. The van der Waals surface area contributed by atoms with Gasteiger partial charge in [0.15, 0.2) is 0 Å². The second-order valence-corrected chi connectivity index (χ2v) is 11.2. The molecule has 0 unspecified atom stereocenters. The van der Waals surface area contributed by atoms with Gasteiger partial charge in [0.25, 0.3) is 0 Å². The minimum Gasteiger partial charge on any atom is -0.488 e. The molecule has 7 nitrogen and oxygen atoms in total. The summed E-state index contributed by atoms with van der Waals surface area (Å²) in [5, 5.41) is 12.8. The maximum atomic E-state index is 13.3. The van der Waals surface area contributed by atoms with Crippen LogP contribution in [0.25, 0.3) is 0 Å². The van der Waals surface area contributed by atoms with E-state index in [9.17, 15) is 14.7 Å². The van der Waals surface area contributed by atoms with E-state index in [2.05, 4.69) is 24.2 Å². The largest absolute Gasteiger partial charge is 0.488 e. The smallest absolute Gasteiger partial charge is 0.227 e. The molecule has 1 heterocycles.